The molecule has 0 aromatic heterocycles. The van der Waals surface area contributed by atoms with Crippen LogP contribution in [-0.2, 0) is 0 Å². The van der Waals surface area contributed by atoms with E-state index in [4.69, 9.17) is 5.73 Å². The Labute approximate surface area is 116 Å². The van der Waals surface area contributed by atoms with Crippen LogP contribution in [-0.4, -0.2) is 29.4 Å². The molecule has 0 spiro atoms. The number of rotatable bonds is 1. The van der Waals surface area contributed by atoms with Gasteiger partial charge in [-0.1, -0.05) is 22.0 Å². The van der Waals surface area contributed by atoms with E-state index in [0.29, 0.717) is 0 Å². The number of benzene rings is 1. The van der Waals surface area contributed by atoms with Crippen LogP contribution in [0.4, 0.5) is 0 Å². The van der Waals surface area contributed by atoms with Crippen molar-refractivity contribution in [1.29, 1.82) is 0 Å². The van der Waals surface area contributed by atoms with Gasteiger partial charge in [-0.05, 0) is 44.4 Å². The lowest BCUT2D eigenvalue weighted by Crippen LogP contribution is -2.48. The van der Waals surface area contributed by atoms with Gasteiger partial charge in [0.25, 0.3) is 5.91 Å². The van der Waals surface area contributed by atoms with Gasteiger partial charge in [0.05, 0.1) is 0 Å². The molecule has 0 saturated carbocycles. The summed E-state index contributed by atoms with van der Waals surface area (Å²) in [5, 5.41) is 0. The number of piperidine rings is 1. The van der Waals surface area contributed by atoms with Crippen molar-refractivity contribution < 1.29 is 4.79 Å². The number of nitrogens with zero attached hydrogens (tertiary/aromatic N) is 1. The smallest absolute Gasteiger partial charge is 0.254 e. The van der Waals surface area contributed by atoms with Gasteiger partial charge in [-0.3, -0.25) is 4.79 Å². The standard InChI is InChI=1S/C14H19BrN2O/c1-9-3-4-11(8-13(9)15)14(18)17-6-5-12(16)7-10(17)2/h3-4,8,10,12H,5-7,16H2,1-2H3. The molecular formula is C14H19BrN2O. The zero-order chi connectivity index (χ0) is 13.3. The number of aryl methyl sites for hydroxylation is 1. The number of hydrogen-bond donors (Lipinski definition) is 1. The highest BCUT2D eigenvalue weighted by atomic mass is 79.9. The Morgan fingerprint density at radius 2 is 2.22 bits per heavy atom. The van der Waals surface area contributed by atoms with Crippen molar-refractivity contribution in [3.05, 3.63) is 33.8 Å². The molecule has 0 bridgehead atoms. The van der Waals surface area contributed by atoms with Gasteiger partial charge in [-0.15, -0.1) is 0 Å². The van der Waals surface area contributed by atoms with Crippen molar-refractivity contribution in [3.63, 3.8) is 0 Å². The van der Waals surface area contributed by atoms with Gasteiger partial charge in [-0.25, -0.2) is 0 Å². The fourth-order valence-electron chi connectivity index (χ4n) is 2.40. The molecule has 2 N–H and O–H groups in total. The maximum absolute atomic E-state index is 12.4. The van der Waals surface area contributed by atoms with Crippen LogP contribution in [0.2, 0.25) is 0 Å². The Bertz CT molecular complexity index is 461. The minimum Gasteiger partial charge on any atom is -0.336 e. The quantitative estimate of drug-likeness (QED) is 0.867. The molecule has 1 aromatic carbocycles. The van der Waals surface area contributed by atoms with E-state index in [9.17, 15) is 4.79 Å². The third kappa shape index (κ3) is 2.75. The van der Waals surface area contributed by atoms with Gasteiger partial charge in [-0.2, -0.15) is 0 Å². The molecule has 1 amide bonds. The SMILES string of the molecule is Cc1ccc(C(=O)N2CCC(N)CC2C)cc1Br. The van der Waals surface area contributed by atoms with Crippen LogP contribution in [0.5, 0.6) is 0 Å². The molecule has 2 rings (SSSR count). The van der Waals surface area contributed by atoms with Crippen molar-refractivity contribution in [2.75, 3.05) is 6.54 Å². The Kier molecular flexibility index (Phi) is 4.07. The third-order valence-corrected chi connectivity index (χ3v) is 4.45. The number of halogens is 1. The summed E-state index contributed by atoms with van der Waals surface area (Å²) in [6, 6.07) is 6.22. The largest absolute Gasteiger partial charge is 0.336 e. The summed E-state index contributed by atoms with van der Waals surface area (Å²) in [6.45, 7) is 4.84. The summed E-state index contributed by atoms with van der Waals surface area (Å²) in [5.74, 6) is 0.107. The van der Waals surface area contributed by atoms with Gasteiger partial charge in [0, 0.05) is 28.7 Å². The molecule has 3 nitrogen and oxygen atoms in total. The predicted molar refractivity (Wildman–Crippen MR) is 76.6 cm³/mol. The first-order chi connectivity index (χ1) is 8.49. The Balaban J connectivity index is 2.18. The monoisotopic (exact) mass is 310 g/mol. The van der Waals surface area contributed by atoms with E-state index in [1.165, 1.54) is 0 Å². The molecule has 18 heavy (non-hydrogen) atoms. The topological polar surface area (TPSA) is 46.3 Å². The number of nitrogens with two attached hydrogens (primary N) is 1. The molecule has 0 radical (unpaired) electrons. The van der Waals surface area contributed by atoms with Gasteiger partial charge in [0.2, 0.25) is 0 Å². The summed E-state index contributed by atoms with van der Waals surface area (Å²) in [4.78, 5) is 14.4. The van der Waals surface area contributed by atoms with Gasteiger partial charge < -0.3 is 10.6 Å². The van der Waals surface area contributed by atoms with Crippen LogP contribution in [0.25, 0.3) is 0 Å². The fraction of sp³-hybridized carbons (Fsp3) is 0.500. The lowest BCUT2D eigenvalue weighted by atomic mass is 9.98. The van der Waals surface area contributed by atoms with E-state index in [-0.39, 0.29) is 18.0 Å². The average Bonchev–Trinajstić information content (AvgIpc) is 2.32. The lowest BCUT2D eigenvalue weighted by molar-refractivity contribution is 0.0619. The van der Waals surface area contributed by atoms with Crippen molar-refractivity contribution in [3.8, 4) is 0 Å². The van der Waals surface area contributed by atoms with E-state index >= 15 is 0 Å². The number of carbonyl (C=O) groups excluding carboxylic acids is 1. The molecule has 1 aliphatic rings. The second-order valence-corrected chi connectivity index (χ2v) is 5.95. The summed E-state index contributed by atoms with van der Waals surface area (Å²) >= 11 is 3.47. The van der Waals surface area contributed by atoms with E-state index in [0.717, 1.165) is 35.0 Å². The Hall–Kier alpha value is -0.870. The third-order valence-electron chi connectivity index (χ3n) is 3.60. The van der Waals surface area contributed by atoms with Crippen molar-refractivity contribution in [1.82, 2.24) is 4.90 Å². The minimum atomic E-state index is 0.107. The number of amides is 1. The van der Waals surface area contributed by atoms with Crippen molar-refractivity contribution >= 4 is 21.8 Å². The van der Waals surface area contributed by atoms with Gasteiger partial charge >= 0.3 is 0 Å². The minimum absolute atomic E-state index is 0.107. The summed E-state index contributed by atoms with van der Waals surface area (Å²) in [6.07, 6.45) is 1.78. The van der Waals surface area contributed by atoms with Crippen LogP contribution in [0, 0.1) is 6.92 Å². The zero-order valence-electron chi connectivity index (χ0n) is 10.8. The highest BCUT2D eigenvalue weighted by molar-refractivity contribution is 9.10. The second kappa shape index (κ2) is 5.41. The molecule has 1 saturated heterocycles. The number of carbonyl (C=O) groups is 1. The molecule has 1 fully saturated rings. The molecule has 0 aliphatic carbocycles. The molecule has 98 valence electrons. The summed E-state index contributed by atoms with van der Waals surface area (Å²) in [7, 11) is 0. The average molecular weight is 311 g/mol. The van der Waals surface area contributed by atoms with Gasteiger partial charge in [0.1, 0.15) is 0 Å². The van der Waals surface area contributed by atoms with Crippen LogP contribution >= 0.6 is 15.9 Å². The van der Waals surface area contributed by atoms with Crippen LogP contribution in [0.1, 0.15) is 35.7 Å². The Morgan fingerprint density at radius 1 is 1.50 bits per heavy atom. The zero-order valence-corrected chi connectivity index (χ0v) is 12.4. The van der Waals surface area contributed by atoms with Crippen LogP contribution in [0.15, 0.2) is 22.7 Å². The van der Waals surface area contributed by atoms with Crippen molar-refractivity contribution in [2.45, 2.75) is 38.8 Å². The highest BCUT2D eigenvalue weighted by Gasteiger charge is 2.27. The molecule has 2 unspecified atom stereocenters. The first-order valence-corrected chi connectivity index (χ1v) is 7.11. The maximum Gasteiger partial charge on any atom is 0.254 e. The predicted octanol–water partition coefficient (Wildman–Crippen LogP) is 2.71. The normalized spacial score (nSPS) is 24.1. The summed E-state index contributed by atoms with van der Waals surface area (Å²) in [5.41, 5.74) is 7.81. The van der Waals surface area contributed by atoms with Gasteiger partial charge in [0.15, 0.2) is 0 Å². The highest BCUT2D eigenvalue weighted by Crippen LogP contribution is 2.22. The molecular weight excluding hydrogens is 292 g/mol. The maximum atomic E-state index is 12.4. The van der Waals surface area contributed by atoms with Crippen molar-refractivity contribution in [2.24, 2.45) is 5.73 Å². The number of hydrogen-bond acceptors (Lipinski definition) is 2. The molecule has 4 heteroatoms. The first-order valence-electron chi connectivity index (χ1n) is 6.31. The van der Waals surface area contributed by atoms with E-state index < -0.39 is 0 Å². The molecule has 1 aliphatic heterocycles. The second-order valence-electron chi connectivity index (χ2n) is 5.10. The number of likely N-dealkylation sites (tertiary alicyclic amines) is 1. The van der Waals surface area contributed by atoms with Crippen LogP contribution < -0.4 is 5.73 Å². The molecule has 1 aromatic rings. The fourth-order valence-corrected chi connectivity index (χ4v) is 2.78. The molecule has 2 atom stereocenters. The lowest BCUT2D eigenvalue weighted by Gasteiger charge is -2.36. The van der Waals surface area contributed by atoms with E-state index in [1.54, 1.807) is 0 Å². The summed E-state index contributed by atoms with van der Waals surface area (Å²) < 4.78 is 0.981. The molecule has 1 heterocycles. The Morgan fingerprint density at radius 3 is 2.83 bits per heavy atom. The first kappa shape index (κ1) is 13.6. The van der Waals surface area contributed by atoms with Crippen LogP contribution in [0.3, 0.4) is 0 Å². The van der Waals surface area contributed by atoms with E-state index in [1.807, 2.05) is 30.0 Å². The van der Waals surface area contributed by atoms with E-state index in [2.05, 4.69) is 22.9 Å².